The highest BCUT2D eigenvalue weighted by atomic mass is 28.4. The van der Waals surface area contributed by atoms with Crippen LogP contribution in [0.3, 0.4) is 0 Å². The van der Waals surface area contributed by atoms with E-state index in [2.05, 4.69) is 38.8 Å². The van der Waals surface area contributed by atoms with Gasteiger partial charge in [-0.1, -0.05) is 39.0 Å². The molecule has 3 rings (SSSR count). The third kappa shape index (κ3) is 4.73. The SMILES string of the molecule is CCOC1CN(c2ncc(-c3cccc(CO[Si](C)(C)C(C)(C)C)c3F)cc2F)C1. The van der Waals surface area contributed by atoms with Crippen LogP contribution in [0.5, 0.6) is 0 Å². The van der Waals surface area contributed by atoms with Crippen molar-refractivity contribution in [3.63, 3.8) is 0 Å². The second kappa shape index (κ2) is 8.73. The summed E-state index contributed by atoms with van der Waals surface area (Å²) >= 11 is 0. The van der Waals surface area contributed by atoms with Crippen LogP contribution in [0, 0.1) is 11.6 Å². The lowest BCUT2D eigenvalue weighted by atomic mass is 10.0. The van der Waals surface area contributed by atoms with E-state index in [0.29, 0.717) is 36.4 Å². The first-order chi connectivity index (χ1) is 14.0. The van der Waals surface area contributed by atoms with E-state index in [1.807, 2.05) is 11.8 Å². The minimum Gasteiger partial charge on any atom is -0.412 e. The molecule has 0 aliphatic carbocycles. The van der Waals surface area contributed by atoms with Crippen LogP contribution in [0.15, 0.2) is 30.5 Å². The second-order valence-corrected chi connectivity index (χ2v) is 14.1. The van der Waals surface area contributed by atoms with E-state index >= 15 is 4.39 Å². The van der Waals surface area contributed by atoms with Gasteiger partial charge in [-0.05, 0) is 31.1 Å². The fraction of sp³-hybridized carbons (Fsp3) is 0.522. The van der Waals surface area contributed by atoms with Crippen LogP contribution in [0.2, 0.25) is 18.1 Å². The smallest absolute Gasteiger partial charge is 0.192 e. The van der Waals surface area contributed by atoms with Crippen LogP contribution in [0.1, 0.15) is 33.3 Å². The molecule has 1 fully saturated rings. The van der Waals surface area contributed by atoms with Gasteiger partial charge in [0.2, 0.25) is 0 Å². The van der Waals surface area contributed by atoms with Gasteiger partial charge < -0.3 is 14.1 Å². The monoisotopic (exact) mass is 434 g/mol. The van der Waals surface area contributed by atoms with Crippen LogP contribution in [-0.4, -0.2) is 39.1 Å². The molecule has 1 aliphatic rings. The Balaban J connectivity index is 1.77. The molecule has 7 heteroatoms. The maximum Gasteiger partial charge on any atom is 0.192 e. The Morgan fingerprint density at radius 3 is 2.50 bits per heavy atom. The number of hydrogen-bond acceptors (Lipinski definition) is 4. The predicted octanol–water partition coefficient (Wildman–Crippen LogP) is 5.77. The molecule has 0 N–H and O–H groups in total. The molecule has 1 aliphatic heterocycles. The van der Waals surface area contributed by atoms with Crippen molar-refractivity contribution in [2.75, 3.05) is 24.6 Å². The molecule has 164 valence electrons. The maximum atomic E-state index is 15.2. The standard InChI is InChI=1S/C23H32F2N2O2Si/c1-7-28-18-13-27(14-18)22-20(24)11-17(12-26-22)19-10-8-9-16(21(19)25)15-29-30(5,6)23(2,3)4/h8-12,18H,7,13-15H2,1-6H3. The third-order valence-corrected chi connectivity index (χ3v) is 10.6. The summed E-state index contributed by atoms with van der Waals surface area (Å²) in [7, 11) is -2.00. The minimum absolute atomic E-state index is 0.0437. The first-order valence-corrected chi connectivity index (χ1v) is 13.4. The van der Waals surface area contributed by atoms with Crippen LogP contribution in [0.4, 0.5) is 14.6 Å². The highest BCUT2D eigenvalue weighted by molar-refractivity contribution is 6.74. The molecule has 0 radical (unpaired) electrons. The van der Waals surface area contributed by atoms with E-state index < -0.39 is 14.1 Å². The zero-order valence-electron chi connectivity index (χ0n) is 18.8. The zero-order valence-corrected chi connectivity index (χ0v) is 19.8. The summed E-state index contributed by atoms with van der Waals surface area (Å²) in [5, 5.41) is 0.0437. The highest BCUT2D eigenvalue weighted by Crippen LogP contribution is 2.37. The number of benzene rings is 1. The van der Waals surface area contributed by atoms with Crippen molar-refractivity contribution in [2.45, 2.75) is 58.5 Å². The molecule has 0 spiro atoms. The largest absolute Gasteiger partial charge is 0.412 e. The van der Waals surface area contributed by atoms with Crippen LogP contribution < -0.4 is 4.90 Å². The van der Waals surface area contributed by atoms with Gasteiger partial charge in [0.25, 0.3) is 0 Å². The summed E-state index contributed by atoms with van der Waals surface area (Å²) in [6.45, 7) is 14.7. The molecule has 0 amide bonds. The van der Waals surface area contributed by atoms with E-state index in [1.165, 1.54) is 12.3 Å². The Morgan fingerprint density at radius 1 is 1.20 bits per heavy atom. The van der Waals surface area contributed by atoms with Crippen molar-refractivity contribution in [2.24, 2.45) is 0 Å². The molecule has 0 bridgehead atoms. The van der Waals surface area contributed by atoms with E-state index in [9.17, 15) is 4.39 Å². The third-order valence-electron chi connectivity index (χ3n) is 6.16. The van der Waals surface area contributed by atoms with Crippen molar-refractivity contribution in [3.05, 3.63) is 47.7 Å². The lowest BCUT2D eigenvalue weighted by Crippen LogP contribution is -2.53. The van der Waals surface area contributed by atoms with Crippen molar-refractivity contribution < 1.29 is 17.9 Å². The van der Waals surface area contributed by atoms with Gasteiger partial charge in [-0.15, -0.1) is 0 Å². The number of halogens is 2. The highest BCUT2D eigenvalue weighted by Gasteiger charge is 2.37. The van der Waals surface area contributed by atoms with Gasteiger partial charge in [-0.3, -0.25) is 0 Å². The average Bonchev–Trinajstić information content (AvgIpc) is 2.63. The van der Waals surface area contributed by atoms with Crippen LogP contribution >= 0.6 is 0 Å². The Morgan fingerprint density at radius 2 is 1.90 bits per heavy atom. The molecular weight excluding hydrogens is 402 g/mol. The fourth-order valence-electron chi connectivity index (χ4n) is 3.15. The number of aromatic nitrogens is 1. The molecule has 1 aromatic carbocycles. The van der Waals surface area contributed by atoms with Gasteiger partial charge in [-0.25, -0.2) is 13.8 Å². The molecule has 30 heavy (non-hydrogen) atoms. The quantitative estimate of drug-likeness (QED) is 0.518. The molecule has 0 unspecified atom stereocenters. The first-order valence-electron chi connectivity index (χ1n) is 10.5. The lowest BCUT2D eigenvalue weighted by molar-refractivity contribution is 0.0424. The molecule has 1 saturated heterocycles. The molecule has 4 nitrogen and oxygen atoms in total. The van der Waals surface area contributed by atoms with Gasteiger partial charge in [-0.2, -0.15) is 0 Å². The topological polar surface area (TPSA) is 34.6 Å². The lowest BCUT2D eigenvalue weighted by Gasteiger charge is -2.39. The van der Waals surface area contributed by atoms with Gasteiger partial charge in [0.15, 0.2) is 20.0 Å². The van der Waals surface area contributed by atoms with E-state index in [1.54, 1.807) is 18.2 Å². The minimum atomic E-state index is -2.00. The summed E-state index contributed by atoms with van der Waals surface area (Å²) in [4.78, 5) is 6.10. The Kier molecular flexibility index (Phi) is 6.65. The Bertz CT molecular complexity index is 893. The molecule has 1 aromatic heterocycles. The molecule has 2 aromatic rings. The van der Waals surface area contributed by atoms with Gasteiger partial charge in [0.05, 0.1) is 12.7 Å². The Labute approximate surface area is 179 Å². The van der Waals surface area contributed by atoms with Gasteiger partial charge in [0, 0.05) is 42.6 Å². The van der Waals surface area contributed by atoms with Crippen LogP contribution in [0.25, 0.3) is 11.1 Å². The summed E-state index contributed by atoms with van der Waals surface area (Å²) in [6, 6.07) is 6.50. The molecule has 2 heterocycles. The number of ether oxygens (including phenoxy) is 1. The number of pyridine rings is 1. The number of nitrogens with zero attached hydrogens (tertiary/aromatic N) is 2. The molecule has 0 atom stereocenters. The van der Waals surface area contributed by atoms with Crippen molar-refractivity contribution >= 4 is 14.1 Å². The maximum absolute atomic E-state index is 15.2. The van der Waals surface area contributed by atoms with E-state index in [4.69, 9.17) is 9.16 Å². The molecule has 0 saturated carbocycles. The van der Waals surface area contributed by atoms with E-state index in [0.717, 1.165) is 0 Å². The molecular formula is C23H32F2N2O2Si. The summed E-state index contributed by atoms with van der Waals surface area (Å²) in [5.74, 6) is -0.553. The van der Waals surface area contributed by atoms with Crippen molar-refractivity contribution in [1.29, 1.82) is 0 Å². The average molecular weight is 435 g/mol. The summed E-state index contributed by atoms with van der Waals surface area (Å²) in [5.41, 5.74) is 1.23. The number of hydrogen-bond donors (Lipinski definition) is 0. The Hall–Kier alpha value is -1.83. The normalized spacial score (nSPS) is 15.4. The number of anilines is 1. The summed E-state index contributed by atoms with van der Waals surface area (Å²) in [6.07, 6.45) is 1.65. The first kappa shape index (κ1) is 22.8. The van der Waals surface area contributed by atoms with Crippen molar-refractivity contribution in [1.82, 2.24) is 4.98 Å². The van der Waals surface area contributed by atoms with Gasteiger partial charge in [0.1, 0.15) is 5.82 Å². The van der Waals surface area contributed by atoms with Crippen LogP contribution in [-0.2, 0) is 15.8 Å². The van der Waals surface area contributed by atoms with E-state index in [-0.39, 0.29) is 29.4 Å². The zero-order chi connectivity index (χ0) is 22.1. The summed E-state index contributed by atoms with van der Waals surface area (Å²) < 4.78 is 41.6. The predicted molar refractivity (Wildman–Crippen MR) is 119 cm³/mol. The van der Waals surface area contributed by atoms with Gasteiger partial charge >= 0.3 is 0 Å². The second-order valence-electron chi connectivity index (χ2n) is 9.34. The fourth-order valence-corrected chi connectivity index (χ4v) is 4.10. The van der Waals surface area contributed by atoms with Crippen molar-refractivity contribution in [3.8, 4) is 11.1 Å². The number of rotatable bonds is 7.